The molecule has 2 N–H and O–H groups in total. The lowest BCUT2D eigenvalue weighted by Gasteiger charge is -2.38. The molecule has 3 aromatic rings. The highest BCUT2D eigenvalue weighted by Crippen LogP contribution is 2.35. The van der Waals surface area contributed by atoms with Crippen molar-refractivity contribution in [2.75, 3.05) is 26.7 Å². The van der Waals surface area contributed by atoms with Crippen LogP contribution < -0.4 is 4.74 Å². The molecule has 2 aromatic carbocycles. The average Bonchev–Trinajstić information content (AvgIpc) is 2.93. The fourth-order valence-corrected chi connectivity index (χ4v) is 5.81. The lowest BCUT2D eigenvalue weighted by molar-refractivity contribution is -0.139. The number of aromatic nitrogens is 1. The smallest absolute Gasteiger partial charge is 0.416 e. The standard InChI is InChI=1S/C31H37F3N2O4/c1-40-25-10-11-28-27(19-25)26(13-15-35-28)29(37)12-7-22-14-17-36(20-23(22)18-30(38)39)16-3-2-4-21-5-8-24(9-6-21)31(32,33)34/h5-6,8-11,13,15,19,22-23,29,37H,2-4,7,12,14,16-18,20H2,1H3,(H,38,39)/t22-,23+,29?/m1/s1. The number of ether oxygens (including phenoxy) is 1. The summed E-state index contributed by atoms with van der Waals surface area (Å²) in [6.45, 7) is 2.40. The monoisotopic (exact) mass is 558 g/mol. The lowest BCUT2D eigenvalue weighted by atomic mass is 9.79. The zero-order valence-electron chi connectivity index (χ0n) is 22.7. The van der Waals surface area contributed by atoms with Crippen molar-refractivity contribution in [1.29, 1.82) is 0 Å². The van der Waals surface area contributed by atoms with E-state index in [4.69, 9.17) is 4.74 Å². The van der Waals surface area contributed by atoms with Gasteiger partial charge >= 0.3 is 12.1 Å². The topological polar surface area (TPSA) is 82.9 Å². The van der Waals surface area contributed by atoms with E-state index >= 15 is 0 Å². The Hall–Kier alpha value is -3.17. The molecule has 1 aliphatic heterocycles. The van der Waals surface area contributed by atoms with E-state index in [1.807, 2.05) is 24.3 Å². The van der Waals surface area contributed by atoms with Gasteiger partial charge in [-0.1, -0.05) is 12.1 Å². The number of aliphatic hydroxyl groups excluding tert-OH is 1. The number of piperidine rings is 1. The summed E-state index contributed by atoms with van der Waals surface area (Å²) in [5, 5.41) is 21.5. The van der Waals surface area contributed by atoms with Crippen LogP contribution in [0.4, 0.5) is 13.2 Å². The number of rotatable bonds is 12. The maximum absolute atomic E-state index is 12.8. The van der Waals surface area contributed by atoms with E-state index in [1.54, 1.807) is 13.3 Å². The third-order valence-electron chi connectivity index (χ3n) is 8.04. The summed E-state index contributed by atoms with van der Waals surface area (Å²) in [6, 6.07) is 12.7. The third-order valence-corrected chi connectivity index (χ3v) is 8.04. The maximum Gasteiger partial charge on any atom is 0.416 e. The Labute approximate surface area is 232 Å². The minimum absolute atomic E-state index is 0.00245. The molecule has 9 heteroatoms. The van der Waals surface area contributed by atoms with Gasteiger partial charge in [-0.25, -0.2) is 0 Å². The largest absolute Gasteiger partial charge is 0.497 e. The summed E-state index contributed by atoms with van der Waals surface area (Å²) < 4.78 is 43.6. The van der Waals surface area contributed by atoms with Gasteiger partial charge in [0.25, 0.3) is 0 Å². The fraction of sp³-hybridized carbons (Fsp3) is 0.484. The zero-order valence-corrected chi connectivity index (χ0v) is 22.7. The summed E-state index contributed by atoms with van der Waals surface area (Å²) >= 11 is 0. The summed E-state index contributed by atoms with van der Waals surface area (Å²) in [5.41, 5.74) is 1.83. The Morgan fingerprint density at radius 3 is 2.60 bits per heavy atom. The number of carboxylic acids is 1. The van der Waals surface area contributed by atoms with Crippen LogP contribution in [0.5, 0.6) is 5.75 Å². The summed E-state index contributed by atoms with van der Waals surface area (Å²) in [5.74, 6) is 0.0913. The first-order valence-electron chi connectivity index (χ1n) is 13.8. The van der Waals surface area contributed by atoms with Crippen molar-refractivity contribution in [3.8, 4) is 5.75 Å². The van der Waals surface area contributed by atoms with Gasteiger partial charge in [-0.15, -0.1) is 0 Å². The minimum atomic E-state index is -4.32. The minimum Gasteiger partial charge on any atom is -0.497 e. The second-order valence-corrected chi connectivity index (χ2v) is 10.7. The van der Waals surface area contributed by atoms with Crippen molar-refractivity contribution in [2.24, 2.45) is 11.8 Å². The Kier molecular flexibility index (Phi) is 10.0. The van der Waals surface area contributed by atoms with E-state index in [0.29, 0.717) is 25.1 Å². The van der Waals surface area contributed by atoms with Gasteiger partial charge in [0.1, 0.15) is 5.75 Å². The number of fused-ring (bicyclic) bond motifs is 1. The predicted octanol–water partition coefficient (Wildman–Crippen LogP) is 6.51. The number of likely N-dealkylation sites (tertiary alicyclic amines) is 1. The van der Waals surface area contributed by atoms with Gasteiger partial charge in [0.05, 0.1) is 24.3 Å². The number of aliphatic carboxylic acids is 1. The molecule has 216 valence electrons. The lowest BCUT2D eigenvalue weighted by Crippen LogP contribution is -2.41. The van der Waals surface area contributed by atoms with Crippen LogP contribution in [0.2, 0.25) is 0 Å². The van der Waals surface area contributed by atoms with Crippen molar-refractivity contribution in [1.82, 2.24) is 9.88 Å². The van der Waals surface area contributed by atoms with Gasteiger partial charge in [-0.3, -0.25) is 9.78 Å². The quantitative estimate of drug-likeness (QED) is 0.247. The molecule has 0 aliphatic carbocycles. The van der Waals surface area contributed by atoms with Gasteiger partial charge in [0.2, 0.25) is 0 Å². The molecule has 4 rings (SSSR count). The number of alkyl halides is 3. The van der Waals surface area contributed by atoms with Gasteiger partial charge in [-0.05, 0) is 111 Å². The van der Waals surface area contributed by atoms with Crippen LogP contribution in [0.1, 0.15) is 61.3 Å². The van der Waals surface area contributed by atoms with Crippen molar-refractivity contribution in [3.05, 3.63) is 71.4 Å². The van der Waals surface area contributed by atoms with E-state index in [-0.39, 0.29) is 18.3 Å². The fourth-order valence-electron chi connectivity index (χ4n) is 5.81. The summed E-state index contributed by atoms with van der Waals surface area (Å²) in [4.78, 5) is 18.3. The molecule has 0 radical (unpaired) electrons. The number of hydrogen-bond donors (Lipinski definition) is 2. The Morgan fingerprint density at radius 1 is 1.12 bits per heavy atom. The Balaban J connectivity index is 1.28. The highest BCUT2D eigenvalue weighted by molar-refractivity contribution is 5.83. The van der Waals surface area contributed by atoms with Crippen LogP contribution in [-0.2, 0) is 17.4 Å². The van der Waals surface area contributed by atoms with E-state index in [1.165, 1.54) is 12.1 Å². The summed E-state index contributed by atoms with van der Waals surface area (Å²) in [7, 11) is 1.60. The van der Waals surface area contributed by atoms with E-state index in [2.05, 4.69) is 9.88 Å². The molecular formula is C31H37F3N2O4. The molecule has 3 atom stereocenters. The van der Waals surface area contributed by atoms with Crippen molar-refractivity contribution in [2.45, 2.75) is 57.2 Å². The van der Waals surface area contributed by atoms with Crippen molar-refractivity contribution in [3.63, 3.8) is 0 Å². The highest BCUT2D eigenvalue weighted by Gasteiger charge is 2.31. The first-order valence-corrected chi connectivity index (χ1v) is 13.8. The number of carboxylic acid groups (broad SMARTS) is 1. The SMILES string of the molecule is COc1ccc2nccc(C(O)CC[C@@H]3CCN(CCCCc4ccc(C(F)(F)F)cc4)C[C@@H]3CC(=O)O)c2c1. The van der Waals surface area contributed by atoms with Crippen LogP contribution in [0.25, 0.3) is 10.9 Å². The van der Waals surface area contributed by atoms with E-state index < -0.39 is 23.8 Å². The summed E-state index contributed by atoms with van der Waals surface area (Å²) in [6.07, 6.45) is 1.36. The number of nitrogens with zero attached hydrogens (tertiary/aromatic N) is 2. The number of halogens is 3. The number of hydrogen-bond acceptors (Lipinski definition) is 5. The van der Waals surface area contributed by atoms with Crippen LogP contribution >= 0.6 is 0 Å². The number of pyridine rings is 1. The molecule has 0 bridgehead atoms. The Morgan fingerprint density at radius 2 is 1.90 bits per heavy atom. The first-order chi connectivity index (χ1) is 19.1. The second kappa shape index (κ2) is 13.5. The van der Waals surface area contributed by atoms with Gasteiger partial charge < -0.3 is 19.8 Å². The second-order valence-electron chi connectivity index (χ2n) is 10.7. The van der Waals surface area contributed by atoms with Crippen molar-refractivity contribution < 1.29 is 32.9 Å². The predicted molar refractivity (Wildman–Crippen MR) is 147 cm³/mol. The van der Waals surface area contributed by atoms with Gasteiger partial charge in [0, 0.05) is 24.5 Å². The molecular weight excluding hydrogens is 521 g/mol. The van der Waals surface area contributed by atoms with Crippen LogP contribution in [0, 0.1) is 11.8 Å². The normalized spacial score (nSPS) is 19.0. The Bertz CT molecular complexity index is 1270. The molecule has 0 spiro atoms. The number of benzene rings is 2. The first kappa shape index (κ1) is 29.8. The van der Waals surface area contributed by atoms with Gasteiger partial charge in [0.15, 0.2) is 0 Å². The average molecular weight is 559 g/mol. The van der Waals surface area contributed by atoms with Crippen molar-refractivity contribution >= 4 is 16.9 Å². The molecule has 40 heavy (non-hydrogen) atoms. The van der Waals surface area contributed by atoms with Crippen LogP contribution in [0.15, 0.2) is 54.7 Å². The molecule has 0 amide bonds. The third kappa shape index (κ3) is 7.95. The maximum atomic E-state index is 12.8. The number of carbonyl (C=O) groups is 1. The molecule has 1 unspecified atom stereocenters. The zero-order chi connectivity index (χ0) is 28.7. The highest BCUT2D eigenvalue weighted by atomic mass is 19.4. The molecule has 1 aromatic heterocycles. The number of aliphatic hydroxyl groups is 1. The molecule has 1 fully saturated rings. The molecule has 1 aliphatic rings. The molecule has 6 nitrogen and oxygen atoms in total. The number of methoxy groups -OCH3 is 1. The molecule has 2 heterocycles. The number of unbranched alkanes of at least 4 members (excludes halogenated alkanes) is 1. The number of aryl methyl sites for hydroxylation is 1. The van der Waals surface area contributed by atoms with Crippen LogP contribution in [0.3, 0.4) is 0 Å². The van der Waals surface area contributed by atoms with Gasteiger partial charge in [-0.2, -0.15) is 13.2 Å². The van der Waals surface area contributed by atoms with E-state index in [0.717, 1.165) is 72.9 Å². The molecule has 0 saturated carbocycles. The molecule has 1 saturated heterocycles. The van der Waals surface area contributed by atoms with Crippen LogP contribution in [-0.4, -0.2) is 52.8 Å². The van der Waals surface area contributed by atoms with E-state index in [9.17, 15) is 28.2 Å².